The predicted octanol–water partition coefficient (Wildman–Crippen LogP) is 4.35. The van der Waals surface area contributed by atoms with E-state index in [1.54, 1.807) is 26.0 Å². The minimum Gasteiger partial charge on any atom is -0.497 e. The minimum atomic E-state index is -0.0883. The summed E-state index contributed by atoms with van der Waals surface area (Å²) < 4.78 is 11.6. The van der Waals surface area contributed by atoms with Crippen molar-refractivity contribution in [1.82, 2.24) is 4.90 Å². The molecule has 0 spiro atoms. The van der Waals surface area contributed by atoms with Crippen molar-refractivity contribution in [2.24, 2.45) is 0 Å². The van der Waals surface area contributed by atoms with Gasteiger partial charge in [-0.2, -0.15) is 0 Å². The number of ether oxygens (including phenoxy) is 2. The Bertz CT molecular complexity index is 753. The van der Waals surface area contributed by atoms with E-state index in [-0.39, 0.29) is 11.3 Å². The van der Waals surface area contributed by atoms with Crippen LogP contribution in [0.15, 0.2) is 46.9 Å². The Balaban J connectivity index is 1.97. The molecule has 1 aliphatic heterocycles. The summed E-state index contributed by atoms with van der Waals surface area (Å²) >= 11 is 5.21. The van der Waals surface area contributed by atoms with E-state index < -0.39 is 0 Å². The van der Waals surface area contributed by atoms with E-state index in [1.165, 1.54) is 0 Å². The van der Waals surface area contributed by atoms with Gasteiger partial charge < -0.3 is 14.4 Å². The normalized spacial score (nSPS) is 17.0. The summed E-state index contributed by atoms with van der Waals surface area (Å²) in [6, 6.07) is 13.2. The second-order valence-corrected chi connectivity index (χ2v) is 7.35. The zero-order valence-corrected chi connectivity index (χ0v) is 15.9. The first-order valence-electron chi connectivity index (χ1n) is 7.54. The molecule has 0 aliphatic carbocycles. The number of nitrogens with zero attached hydrogens (tertiary/aromatic N) is 1. The first-order chi connectivity index (χ1) is 11.7. The Morgan fingerprint density at radius 3 is 2.71 bits per heavy atom. The summed E-state index contributed by atoms with van der Waals surface area (Å²) in [4.78, 5) is 14.9. The van der Waals surface area contributed by atoms with Gasteiger partial charge >= 0.3 is 0 Å². The topological polar surface area (TPSA) is 38.8 Å². The van der Waals surface area contributed by atoms with Crippen LogP contribution in [0.5, 0.6) is 11.5 Å². The number of rotatable bonds is 4. The number of benzene rings is 2. The van der Waals surface area contributed by atoms with Gasteiger partial charge in [0.1, 0.15) is 16.9 Å². The molecule has 126 valence electrons. The number of thioether (sulfide) groups is 1. The van der Waals surface area contributed by atoms with E-state index in [0.717, 1.165) is 27.3 Å². The zero-order chi connectivity index (χ0) is 17.1. The standard InChI is InChI=1S/C18H18BrNO3S/c1-22-12-7-8-16(23-2)14(11-12)18-20(9-10-24-18)17(21)13-5-3-4-6-15(13)19/h3-8,11,18H,9-10H2,1-2H3/t18-/m1/s1. The van der Waals surface area contributed by atoms with Gasteiger partial charge in [-0.3, -0.25) is 4.79 Å². The van der Waals surface area contributed by atoms with Gasteiger partial charge in [-0.15, -0.1) is 11.8 Å². The molecule has 1 heterocycles. The number of hydrogen-bond donors (Lipinski definition) is 0. The molecule has 6 heteroatoms. The number of carbonyl (C=O) groups excluding carboxylic acids is 1. The number of methoxy groups -OCH3 is 2. The third-order valence-electron chi connectivity index (χ3n) is 3.96. The smallest absolute Gasteiger partial charge is 0.256 e. The first-order valence-corrected chi connectivity index (χ1v) is 9.39. The van der Waals surface area contributed by atoms with Gasteiger partial charge in [-0.1, -0.05) is 12.1 Å². The van der Waals surface area contributed by atoms with Crippen LogP contribution in [0.3, 0.4) is 0 Å². The number of halogens is 1. The fourth-order valence-electron chi connectivity index (χ4n) is 2.76. The maximum Gasteiger partial charge on any atom is 0.256 e. The molecule has 3 rings (SSSR count). The summed E-state index contributed by atoms with van der Waals surface area (Å²) in [6.45, 7) is 0.704. The Labute approximate surface area is 154 Å². The highest BCUT2D eigenvalue weighted by atomic mass is 79.9. The third-order valence-corrected chi connectivity index (χ3v) is 5.89. The molecule has 0 unspecified atom stereocenters. The van der Waals surface area contributed by atoms with Crippen LogP contribution in [0.25, 0.3) is 0 Å². The second kappa shape index (κ2) is 7.49. The molecule has 0 aromatic heterocycles. The SMILES string of the molecule is COc1ccc(OC)c([C@H]2SCCN2C(=O)c2ccccc2Br)c1. The highest BCUT2D eigenvalue weighted by molar-refractivity contribution is 9.10. The largest absolute Gasteiger partial charge is 0.497 e. The fourth-order valence-corrected chi connectivity index (χ4v) is 4.48. The van der Waals surface area contributed by atoms with Crippen LogP contribution >= 0.6 is 27.7 Å². The maximum absolute atomic E-state index is 13.0. The van der Waals surface area contributed by atoms with Gasteiger partial charge in [0.05, 0.1) is 19.8 Å². The Kier molecular flexibility index (Phi) is 5.36. The lowest BCUT2D eigenvalue weighted by Gasteiger charge is -2.26. The molecular weight excluding hydrogens is 390 g/mol. The van der Waals surface area contributed by atoms with Crippen LogP contribution in [0, 0.1) is 0 Å². The van der Waals surface area contributed by atoms with Crippen molar-refractivity contribution >= 4 is 33.6 Å². The van der Waals surface area contributed by atoms with Crippen LogP contribution in [-0.2, 0) is 0 Å². The molecule has 4 nitrogen and oxygen atoms in total. The Hall–Kier alpha value is -1.66. The molecule has 1 saturated heterocycles. The van der Waals surface area contributed by atoms with Crippen LogP contribution < -0.4 is 9.47 Å². The van der Waals surface area contributed by atoms with Crippen molar-refractivity contribution in [3.63, 3.8) is 0 Å². The molecule has 0 bridgehead atoms. The fraction of sp³-hybridized carbons (Fsp3) is 0.278. The van der Waals surface area contributed by atoms with Gasteiger partial charge in [0.15, 0.2) is 0 Å². The summed E-state index contributed by atoms with van der Waals surface area (Å²) in [5.41, 5.74) is 1.63. The molecule has 2 aromatic rings. The molecule has 1 aliphatic rings. The van der Waals surface area contributed by atoms with Gasteiger partial charge in [-0.05, 0) is 46.3 Å². The van der Waals surface area contributed by atoms with Crippen LogP contribution in [-0.4, -0.2) is 37.3 Å². The maximum atomic E-state index is 13.0. The van der Waals surface area contributed by atoms with Crippen LogP contribution in [0.2, 0.25) is 0 Å². The first kappa shape index (κ1) is 17.2. The molecule has 0 N–H and O–H groups in total. The van der Waals surface area contributed by atoms with E-state index in [9.17, 15) is 4.79 Å². The van der Waals surface area contributed by atoms with Gasteiger partial charge in [0.2, 0.25) is 0 Å². The molecule has 0 radical (unpaired) electrons. The average molecular weight is 408 g/mol. The summed E-state index contributed by atoms with van der Waals surface area (Å²) in [5, 5.41) is -0.0883. The molecule has 1 amide bonds. The van der Waals surface area contributed by atoms with E-state index in [0.29, 0.717) is 12.1 Å². The summed E-state index contributed by atoms with van der Waals surface area (Å²) in [5.74, 6) is 2.43. The van der Waals surface area contributed by atoms with Crippen LogP contribution in [0.1, 0.15) is 21.3 Å². The molecule has 1 atom stereocenters. The van der Waals surface area contributed by atoms with Gasteiger partial charge in [-0.25, -0.2) is 0 Å². The molecule has 24 heavy (non-hydrogen) atoms. The molecular formula is C18H18BrNO3S. The van der Waals surface area contributed by atoms with E-state index in [4.69, 9.17) is 9.47 Å². The van der Waals surface area contributed by atoms with E-state index in [2.05, 4.69) is 15.9 Å². The predicted molar refractivity (Wildman–Crippen MR) is 99.9 cm³/mol. The van der Waals surface area contributed by atoms with Crippen LogP contribution in [0.4, 0.5) is 0 Å². The van der Waals surface area contributed by atoms with Crippen molar-refractivity contribution in [3.8, 4) is 11.5 Å². The quantitative estimate of drug-likeness (QED) is 0.754. The second-order valence-electron chi connectivity index (χ2n) is 5.31. The molecule has 0 saturated carbocycles. The number of amides is 1. The average Bonchev–Trinajstić information content (AvgIpc) is 3.10. The van der Waals surface area contributed by atoms with Crippen molar-refractivity contribution in [2.75, 3.05) is 26.5 Å². The highest BCUT2D eigenvalue weighted by Crippen LogP contribution is 2.44. The third kappa shape index (κ3) is 3.26. The van der Waals surface area contributed by atoms with E-state index in [1.807, 2.05) is 47.4 Å². The van der Waals surface area contributed by atoms with Crippen molar-refractivity contribution in [2.45, 2.75) is 5.37 Å². The highest BCUT2D eigenvalue weighted by Gasteiger charge is 2.34. The Morgan fingerprint density at radius 1 is 1.21 bits per heavy atom. The van der Waals surface area contributed by atoms with Gasteiger partial charge in [0, 0.05) is 22.3 Å². The van der Waals surface area contributed by atoms with Crippen molar-refractivity contribution in [1.29, 1.82) is 0 Å². The summed E-state index contributed by atoms with van der Waals surface area (Å²) in [7, 11) is 3.28. The summed E-state index contributed by atoms with van der Waals surface area (Å²) in [6.07, 6.45) is 0. The zero-order valence-electron chi connectivity index (χ0n) is 13.5. The monoisotopic (exact) mass is 407 g/mol. The lowest BCUT2D eigenvalue weighted by atomic mass is 10.1. The number of carbonyl (C=O) groups is 1. The number of hydrogen-bond acceptors (Lipinski definition) is 4. The lowest BCUT2D eigenvalue weighted by molar-refractivity contribution is 0.0758. The van der Waals surface area contributed by atoms with Gasteiger partial charge in [0.25, 0.3) is 5.91 Å². The van der Waals surface area contributed by atoms with Crippen molar-refractivity contribution < 1.29 is 14.3 Å². The Morgan fingerprint density at radius 2 is 2.00 bits per heavy atom. The molecule has 1 fully saturated rings. The van der Waals surface area contributed by atoms with Crippen molar-refractivity contribution in [3.05, 3.63) is 58.1 Å². The molecule has 2 aromatic carbocycles. The lowest BCUT2D eigenvalue weighted by Crippen LogP contribution is -2.30. The minimum absolute atomic E-state index is 0.0161. The van der Waals surface area contributed by atoms with E-state index >= 15 is 0 Å².